The van der Waals surface area contributed by atoms with Gasteiger partial charge >= 0.3 is 0 Å². The second kappa shape index (κ2) is 6.03. The van der Waals surface area contributed by atoms with E-state index >= 15 is 0 Å². The van der Waals surface area contributed by atoms with Crippen molar-refractivity contribution in [2.75, 3.05) is 18.8 Å². The molecule has 1 aromatic rings. The maximum atomic E-state index is 12.2. The van der Waals surface area contributed by atoms with E-state index in [0.717, 1.165) is 12.0 Å². The smallest absolute Gasteiger partial charge is 0.214 e. The minimum absolute atomic E-state index is 0.0755. The maximum absolute atomic E-state index is 12.2. The van der Waals surface area contributed by atoms with Crippen LogP contribution in [0.5, 0.6) is 0 Å². The van der Waals surface area contributed by atoms with Gasteiger partial charge in [-0.15, -0.1) is 0 Å². The van der Waals surface area contributed by atoms with Crippen molar-refractivity contribution in [1.82, 2.24) is 4.31 Å². The molecule has 1 aromatic carbocycles. The summed E-state index contributed by atoms with van der Waals surface area (Å²) in [6.07, 6.45) is 0.857. The molecular formula is C14H21NO3S. The Labute approximate surface area is 115 Å². The minimum Gasteiger partial charge on any atom is -0.393 e. The van der Waals surface area contributed by atoms with E-state index in [1.165, 1.54) is 4.31 Å². The summed E-state index contributed by atoms with van der Waals surface area (Å²) in [6, 6.07) is 9.64. The third kappa shape index (κ3) is 3.78. The minimum atomic E-state index is -3.20. The molecular weight excluding hydrogens is 262 g/mol. The van der Waals surface area contributed by atoms with E-state index in [1.54, 1.807) is 6.92 Å². The number of aliphatic hydroxyl groups excluding tert-OH is 1. The topological polar surface area (TPSA) is 57.6 Å². The number of sulfonamides is 1. The van der Waals surface area contributed by atoms with Crippen LogP contribution in [0.25, 0.3) is 0 Å². The van der Waals surface area contributed by atoms with Crippen molar-refractivity contribution >= 4 is 10.0 Å². The molecule has 1 aliphatic heterocycles. The van der Waals surface area contributed by atoms with Gasteiger partial charge in [-0.25, -0.2) is 12.7 Å². The number of nitrogens with zero attached hydrogens (tertiary/aromatic N) is 1. The van der Waals surface area contributed by atoms with Crippen LogP contribution in [0.3, 0.4) is 0 Å². The van der Waals surface area contributed by atoms with Gasteiger partial charge in [0.15, 0.2) is 0 Å². The van der Waals surface area contributed by atoms with Gasteiger partial charge < -0.3 is 5.11 Å². The lowest BCUT2D eigenvalue weighted by molar-refractivity contribution is 0.133. The number of rotatable bonds is 5. The van der Waals surface area contributed by atoms with E-state index in [2.05, 4.69) is 0 Å². The van der Waals surface area contributed by atoms with Crippen LogP contribution in [0.15, 0.2) is 30.3 Å². The molecule has 0 radical (unpaired) electrons. The van der Waals surface area contributed by atoms with Crippen molar-refractivity contribution in [2.45, 2.75) is 25.9 Å². The van der Waals surface area contributed by atoms with Crippen LogP contribution in [-0.4, -0.2) is 42.8 Å². The molecule has 0 amide bonds. The zero-order chi connectivity index (χ0) is 13.9. The zero-order valence-electron chi connectivity index (χ0n) is 11.2. The van der Waals surface area contributed by atoms with Crippen LogP contribution in [0.2, 0.25) is 0 Å². The molecule has 2 rings (SSSR count). The highest BCUT2D eigenvalue weighted by atomic mass is 32.2. The van der Waals surface area contributed by atoms with Crippen LogP contribution in [0.4, 0.5) is 0 Å². The lowest BCUT2D eigenvalue weighted by Gasteiger charge is -2.17. The zero-order valence-corrected chi connectivity index (χ0v) is 12.0. The Morgan fingerprint density at radius 2 is 2.05 bits per heavy atom. The fraction of sp³-hybridized carbons (Fsp3) is 0.571. The number of hydrogen-bond donors (Lipinski definition) is 1. The summed E-state index contributed by atoms with van der Waals surface area (Å²) in [4.78, 5) is 0. The molecule has 1 heterocycles. The van der Waals surface area contributed by atoms with Crippen molar-refractivity contribution < 1.29 is 13.5 Å². The highest BCUT2D eigenvalue weighted by molar-refractivity contribution is 7.89. The van der Waals surface area contributed by atoms with Crippen LogP contribution < -0.4 is 0 Å². The first-order valence-electron chi connectivity index (χ1n) is 6.69. The Morgan fingerprint density at radius 3 is 2.63 bits per heavy atom. The Hall–Kier alpha value is -0.910. The molecule has 19 heavy (non-hydrogen) atoms. The van der Waals surface area contributed by atoms with Gasteiger partial charge in [-0.3, -0.25) is 0 Å². The Kier molecular flexibility index (Phi) is 4.60. The Bertz CT molecular complexity index is 499. The first-order valence-corrected chi connectivity index (χ1v) is 8.30. The van der Waals surface area contributed by atoms with Crippen LogP contribution in [-0.2, 0) is 16.4 Å². The van der Waals surface area contributed by atoms with E-state index in [-0.39, 0.29) is 11.7 Å². The number of benzene rings is 1. The summed E-state index contributed by atoms with van der Waals surface area (Å²) < 4.78 is 26.0. The molecule has 106 valence electrons. The van der Waals surface area contributed by atoms with Crippen molar-refractivity contribution in [3.63, 3.8) is 0 Å². The second-order valence-corrected chi connectivity index (χ2v) is 7.29. The average Bonchev–Trinajstić information content (AvgIpc) is 2.88. The first-order chi connectivity index (χ1) is 8.99. The molecule has 0 saturated carbocycles. The molecule has 1 fully saturated rings. The molecule has 1 saturated heterocycles. The number of hydrogen-bond acceptors (Lipinski definition) is 3. The molecule has 2 atom stereocenters. The second-order valence-electron chi connectivity index (χ2n) is 5.20. The van der Waals surface area contributed by atoms with E-state index in [9.17, 15) is 13.5 Å². The Balaban J connectivity index is 1.93. The van der Waals surface area contributed by atoms with Crippen LogP contribution in [0, 0.1) is 5.92 Å². The van der Waals surface area contributed by atoms with Gasteiger partial charge in [0.25, 0.3) is 0 Å². The number of aliphatic hydroxyl groups is 1. The van der Waals surface area contributed by atoms with Gasteiger partial charge in [-0.2, -0.15) is 0 Å². The largest absolute Gasteiger partial charge is 0.393 e. The lowest BCUT2D eigenvalue weighted by atomic mass is 10.0. The third-order valence-corrected chi connectivity index (χ3v) is 5.59. The summed E-state index contributed by atoms with van der Waals surface area (Å²) in [6.45, 7) is 2.71. The molecule has 0 bridgehead atoms. The summed E-state index contributed by atoms with van der Waals surface area (Å²) in [5.74, 6) is 0.218. The van der Waals surface area contributed by atoms with Crippen molar-refractivity contribution in [2.24, 2.45) is 5.92 Å². The van der Waals surface area contributed by atoms with Crippen LogP contribution in [0.1, 0.15) is 18.9 Å². The SMILES string of the molecule is CC(O)C1CCN(S(=O)(=O)CCc2ccccc2)C1. The summed E-state index contributed by atoms with van der Waals surface area (Å²) >= 11 is 0. The molecule has 0 aromatic heterocycles. The predicted octanol–water partition coefficient (Wildman–Crippen LogP) is 1.26. The van der Waals surface area contributed by atoms with E-state index in [1.807, 2.05) is 30.3 Å². The fourth-order valence-electron chi connectivity index (χ4n) is 2.42. The van der Waals surface area contributed by atoms with Gasteiger partial charge in [0.05, 0.1) is 11.9 Å². The summed E-state index contributed by atoms with van der Waals surface area (Å²) in [7, 11) is -3.20. The molecule has 0 aliphatic carbocycles. The van der Waals surface area contributed by atoms with E-state index < -0.39 is 16.1 Å². The standard InChI is InChI=1S/C14H21NO3S/c1-12(16)14-7-9-15(11-14)19(17,18)10-8-13-5-3-2-4-6-13/h2-6,12,14,16H,7-11H2,1H3. The summed E-state index contributed by atoms with van der Waals surface area (Å²) in [5, 5.41) is 9.52. The number of aryl methyl sites for hydroxylation is 1. The first kappa shape index (κ1) is 14.5. The van der Waals surface area contributed by atoms with Gasteiger partial charge in [-0.05, 0) is 31.2 Å². The monoisotopic (exact) mass is 283 g/mol. The molecule has 1 N–H and O–H groups in total. The highest BCUT2D eigenvalue weighted by Crippen LogP contribution is 2.22. The molecule has 2 unspecified atom stereocenters. The normalized spacial score (nSPS) is 22.5. The maximum Gasteiger partial charge on any atom is 0.214 e. The van der Waals surface area contributed by atoms with Gasteiger partial charge in [-0.1, -0.05) is 30.3 Å². The van der Waals surface area contributed by atoms with Crippen LogP contribution >= 0.6 is 0 Å². The highest BCUT2D eigenvalue weighted by Gasteiger charge is 2.32. The predicted molar refractivity (Wildman–Crippen MR) is 75.3 cm³/mol. The van der Waals surface area contributed by atoms with Crippen molar-refractivity contribution in [1.29, 1.82) is 0 Å². The Morgan fingerprint density at radius 1 is 1.37 bits per heavy atom. The average molecular weight is 283 g/mol. The molecule has 0 spiro atoms. The van der Waals surface area contributed by atoms with Gasteiger partial charge in [0.1, 0.15) is 0 Å². The van der Waals surface area contributed by atoms with E-state index in [0.29, 0.717) is 19.5 Å². The van der Waals surface area contributed by atoms with Crippen molar-refractivity contribution in [3.8, 4) is 0 Å². The lowest BCUT2D eigenvalue weighted by Crippen LogP contribution is -2.32. The molecule has 1 aliphatic rings. The summed E-state index contributed by atoms with van der Waals surface area (Å²) in [5.41, 5.74) is 1.04. The quantitative estimate of drug-likeness (QED) is 0.885. The third-order valence-electron chi connectivity index (χ3n) is 3.75. The molecule has 4 nitrogen and oxygen atoms in total. The fourth-order valence-corrected chi connectivity index (χ4v) is 3.97. The van der Waals surface area contributed by atoms with Gasteiger partial charge in [0, 0.05) is 13.1 Å². The van der Waals surface area contributed by atoms with E-state index in [4.69, 9.17) is 0 Å². The van der Waals surface area contributed by atoms with Gasteiger partial charge in [0.2, 0.25) is 10.0 Å². The van der Waals surface area contributed by atoms with Crippen molar-refractivity contribution in [3.05, 3.63) is 35.9 Å². The molecule has 5 heteroatoms.